The minimum absolute atomic E-state index is 0.0654. The topological polar surface area (TPSA) is 76.6 Å². The van der Waals surface area contributed by atoms with Crippen molar-refractivity contribution in [2.24, 2.45) is 0 Å². The van der Waals surface area contributed by atoms with Gasteiger partial charge in [-0.15, -0.1) is 11.3 Å². The molecule has 0 N–H and O–H groups in total. The highest BCUT2D eigenvalue weighted by Crippen LogP contribution is 2.17. The van der Waals surface area contributed by atoms with Gasteiger partial charge in [-0.2, -0.15) is 0 Å². The van der Waals surface area contributed by atoms with Crippen molar-refractivity contribution in [2.45, 2.75) is 45.8 Å². The van der Waals surface area contributed by atoms with Gasteiger partial charge in [-0.3, -0.25) is 14.5 Å². The van der Waals surface area contributed by atoms with Crippen LogP contribution in [0.1, 0.15) is 37.4 Å². The van der Waals surface area contributed by atoms with Crippen LogP contribution in [0.5, 0.6) is 0 Å². The maximum Gasteiger partial charge on any atom is 0.329 e. The third-order valence-corrected chi connectivity index (χ3v) is 4.12. The highest BCUT2D eigenvalue weighted by atomic mass is 32.1. The Balaban J connectivity index is 1.91. The summed E-state index contributed by atoms with van der Waals surface area (Å²) in [5, 5.41) is 2.82. The molecule has 0 aliphatic carbocycles. The van der Waals surface area contributed by atoms with Crippen LogP contribution in [0.15, 0.2) is 5.38 Å². The number of esters is 1. The second-order valence-corrected chi connectivity index (χ2v) is 5.47. The average Bonchev–Trinajstić information content (AvgIpc) is 3.02. The molecule has 0 saturated carbocycles. The van der Waals surface area contributed by atoms with Crippen molar-refractivity contribution in [3.8, 4) is 0 Å². The molecular weight excluding hydrogens is 280 g/mol. The number of carbonyl (C=O) groups is 3. The summed E-state index contributed by atoms with van der Waals surface area (Å²) in [6.45, 7) is 3.57. The van der Waals surface area contributed by atoms with Crippen LogP contribution >= 0.6 is 11.3 Å². The molecule has 6 nitrogen and oxygen atoms in total. The predicted octanol–water partition coefficient (Wildman–Crippen LogP) is 1.29. The molecule has 0 spiro atoms. The first-order valence-electron chi connectivity index (χ1n) is 6.47. The molecule has 2 amide bonds. The van der Waals surface area contributed by atoms with E-state index in [4.69, 9.17) is 4.74 Å². The molecule has 1 saturated heterocycles. The lowest BCUT2D eigenvalue weighted by Crippen LogP contribution is -2.43. The molecule has 2 rings (SSSR count). The number of hydrogen-bond donors (Lipinski definition) is 0. The van der Waals surface area contributed by atoms with E-state index in [1.165, 1.54) is 18.3 Å². The number of ether oxygens (including phenoxy) is 1. The third kappa shape index (κ3) is 3.04. The summed E-state index contributed by atoms with van der Waals surface area (Å²) in [5.41, 5.74) is 0.687. The molecule has 0 unspecified atom stereocenters. The summed E-state index contributed by atoms with van der Waals surface area (Å²) in [5.74, 6) is -1.22. The first-order chi connectivity index (χ1) is 9.52. The van der Waals surface area contributed by atoms with Crippen molar-refractivity contribution < 1.29 is 19.1 Å². The number of aryl methyl sites for hydroxylation is 1. The SMILES string of the molecule is CCc1nc(COC(=O)[C@H](C)N2C(=O)CCC2=O)cs1. The van der Waals surface area contributed by atoms with Crippen LogP contribution in [0, 0.1) is 0 Å². The summed E-state index contributed by atoms with van der Waals surface area (Å²) in [6, 6.07) is -0.873. The third-order valence-electron chi connectivity index (χ3n) is 3.08. The summed E-state index contributed by atoms with van der Waals surface area (Å²) >= 11 is 1.51. The van der Waals surface area contributed by atoms with Crippen LogP contribution in [-0.4, -0.2) is 33.7 Å². The van der Waals surface area contributed by atoms with Crippen molar-refractivity contribution in [2.75, 3.05) is 0 Å². The van der Waals surface area contributed by atoms with E-state index in [-0.39, 0.29) is 31.3 Å². The molecular formula is C13H16N2O4S. The Bertz CT molecular complexity index is 524. The molecule has 2 heterocycles. The fraction of sp³-hybridized carbons (Fsp3) is 0.538. The molecule has 1 aromatic rings. The van der Waals surface area contributed by atoms with Crippen molar-refractivity contribution in [3.05, 3.63) is 16.1 Å². The maximum absolute atomic E-state index is 11.9. The van der Waals surface area contributed by atoms with Gasteiger partial charge in [-0.25, -0.2) is 9.78 Å². The Hall–Kier alpha value is -1.76. The standard InChI is InChI=1S/C13H16N2O4S/c1-3-10-14-9(7-20-10)6-19-13(18)8(2)15-11(16)4-5-12(15)17/h7-8H,3-6H2,1-2H3/t8-/m0/s1. The van der Waals surface area contributed by atoms with Gasteiger partial charge in [0, 0.05) is 18.2 Å². The van der Waals surface area contributed by atoms with Crippen LogP contribution in [0.4, 0.5) is 0 Å². The normalized spacial score (nSPS) is 16.6. The van der Waals surface area contributed by atoms with E-state index >= 15 is 0 Å². The van der Waals surface area contributed by atoms with Crippen LogP contribution in [-0.2, 0) is 32.1 Å². The molecule has 0 radical (unpaired) electrons. The van der Waals surface area contributed by atoms with E-state index in [1.54, 1.807) is 0 Å². The number of hydrogen-bond acceptors (Lipinski definition) is 6. The molecule has 1 fully saturated rings. The molecule has 1 aliphatic heterocycles. The Morgan fingerprint density at radius 2 is 2.10 bits per heavy atom. The molecule has 1 aliphatic rings. The van der Waals surface area contributed by atoms with E-state index < -0.39 is 12.0 Å². The van der Waals surface area contributed by atoms with Gasteiger partial charge < -0.3 is 4.74 Å². The minimum Gasteiger partial charge on any atom is -0.458 e. The van der Waals surface area contributed by atoms with Crippen molar-refractivity contribution in [3.63, 3.8) is 0 Å². The summed E-state index contributed by atoms with van der Waals surface area (Å²) in [6.07, 6.45) is 1.18. The fourth-order valence-electron chi connectivity index (χ4n) is 1.97. The van der Waals surface area contributed by atoms with Crippen molar-refractivity contribution >= 4 is 29.1 Å². The second-order valence-electron chi connectivity index (χ2n) is 4.53. The van der Waals surface area contributed by atoms with Gasteiger partial charge in [0.15, 0.2) is 0 Å². The fourth-order valence-corrected chi connectivity index (χ4v) is 2.70. The first kappa shape index (κ1) is 14.6. The lowest BCUT2D eigenvalue weighted by atomic mass is 10.3. The van der Waals surface area contributed by atoms with E-state index in [0.717, 1.165) is 16.3 Å². The Morgan fingerprint density at radius 1 is 1.45 bits per heavy atom. The molecule has 1 aromatic heterocycles. The molecule has 20 heavy (non-hydrogen) atoms. The molecule has 7 heteroatoms. The predicted molar refractivity (Wildman–Crippen MR) is 71.8 cm³/mol. The largest absolute Gasteiger partial charge is 0.458 e. The maximum atomic E-state index is 11.9. The van der Waals surface area contributed by atoms with Gasteiger partial charge in [0.05, 0.1) is 10.7 Å². The number of imide groups is 1. The lowest BCUT2D eigenvalue weighted by molar-refractivity contribution is -0.158. The van der Waals surface area contributed by atoms with E-state index in [9.17, 15) is 14.4 Å². The average molecular weight is 296 g/mol. The van der Waals surface area contributed by atoms with Gasteiger partial charge >= 0.3 is 5.97 Å². The summed E-state index contributed by atoms with van der Waals surface area (Å²) in [4.78, 5) is 40.2. The smallest absolute Gasteiger partial charge is 0.329 e. The zero-order valence-electron chi connectivity index (χ0n) is 11.4. The van der Waals surface area contributed by atoms with Crippen LogP contribution in [0.25, 0.3) is 0 Å². The van der Waals surface area contributed by atoms with Gasteiger partial charge in [-0.1, -0.05) is 6.92 Å². The monoisotopic (exact) mass is 296 g/mol. The Kier molecular flexibility index (Phi) is 4.49. The zero-order chi connectivity index (χ0) is 14.7. The summed E-state index contributed by atoms with van der Waals surface area (Å²) < 4.78 is 5.12. The molecule has 108 valence electrons. The molecule has 0 aromatic carbocycles. The van der Waals surface area contributed by atoms with E-state index in [0.29, 0.717) is 5.69 Å². The van der Waals surface area contributed by atoms with E-state index in [1.807, 2.05) is 12.3 Å². The summed E-state index contributed by atoms with van der Waals surface area (Å²) in [7, 11) is 0. The Labute approximate surface area is 120 Å². The van der Waals surface area contributed by atoms with Gasteiger partial charge in [0.25, 0.3) is 0 Å². The number of rotatable bonds is 5. The van der Waals surface area contributed by atoms with Crippen molar-refractivity contribution in [1.82, 2.24) is 9.88 Å². The molecule has 0 bridgehead atoms. The van der Waals surface area contributed by atoms with Crippen LogP contribution in [0.3, 0.4) is 0 Å². The quantitative estimate of drug-likeness (QED) is 0.604. The second kappa shape index (κ2) is 6.13. The van der Waals surface area contributed by atoms with Gasteiger partial charge in [-0.05, 0) is 13.3 Å². The van der Waals surface area contributed by atoms with Gasteiger partial charge in [0.2, 0.25) is 11.8 Å². The number of nitrogens with zero attached hydrogens (tertiary/aromatic N) is 2. The van der Waals surface area contributed by atoms with E-state index in [2.05, 4.69) is 4.98 Å². The number of aromatic nitrogens is 1. The zero-order valence-corrected chi connectivity index (χ0v) is 12.2. The minimum atomic E-state index is -0.873. The van der Waals surface area contributed by atoms with Gasteiger partial charge in [0.1, 0.15) is 12.6 Å². The Morgan fingerprint density at radius 3 is 2.65 bits per heavy atom. The number of carbonyl (C=O) groups excluding carboxylic acids is 3. The number of likely N-dealkylation sites (tertiary alicyclic amines) is 1. The lowest BCUT2D eigenvalue weighted by Gasteiger charge is -2.20. The van der Waals surface area contributed by atoms with Crippen molar-refractivity contribution in [1.29, 1.82) is 0 Å². The molecule has 1 atom stereocenters. The van der Waals surface area contributed by atoms with Crippen LogP contribution < -0.4 is 0 Å². The number of amides is 2. The highest BCUT2D eigenvalue weighted by Gasteiger charge is 2.36. The first-order valence-corrected chi connectivity index (χ1v) is 7.35. The number of thiazole rings is 1. The highest BCUT2D eigenvalue weighted by molar-refractivity contribution is 7.09. The van der Waals surface area contributed by atoms with Crippen LogP contribution in [0.2, 0.25) is 0 Å².